The molecule has 0 radical (unpaired) electrons. The van der Waals surface area contributed by atoms with Crippen molar-refractivity contribution >= 4 is 39.0 Å². The van der Waals surface area contributed by atoms with Crippen molar-refractivity contribution in [3.05, 3.63) is 88.7 Å². The number of hydrogen-bond acceptors (Lipinski definition) is 4. The van der Waals surface area contributed by atoms with Crippen molar-refractivity contribution in [1.29, 1.82) is 0 Å². The van der Waals surface area contributed by atoms with Gasteiger partial charge in [0.15, 0.2) is 0 Å². The average Bonchev–Trinajstić information content (AvgIpc) is 3.28. The van der Waals surface area contributed by atoms with Crippen LogP contribution in [-0.4, -0.2) is 28.8 Å². The summed E-state index contributed by atoms with van der Waals surface area (Å²) in [6.45, 7) is 0. The van der Waals surface area contributed by atoms with E-state index >= 15 is 0 Å². The first-order chi connectivity index (χ1) is 14.1. The van der Waals surface area contributed by atoms with Gasteiger partial charge in [-0.3, -0.25) is 4.79 Å². The van der Waals surface area contributed by atoms with Gasteiger partial charge in [-0.2, -0.15) is 5.10 Å². The Balaban J connectivity index is 1.50. The van der Waals surface area contributed by atoms with Gasteiger partial charge in [0.25, 0.3) is 5.91 Å². The second kappa shape index (κ2) is 8.28. The fourth-order valence-electron chi connectivity index (χ4n) is 2.92. The molecule has 2 aromatic heterocycles. The second-order valence-electron chi connectivity index (χ2n) is 6.26. The summed E-state index contributed by atoms with van der Waals surface area (Å²) in [5.74, 6) is 0.143. The zero-order valence-corrected chi connectivity index (χ0v) is 17.1. The lowest BCUT2D eigenvalue weighted by Gasteiger charge is -2.07. The van der Waals surface area contributed by atoms with Gasteiger partial charge in [-0.15, -0.1) is 0 Å². The number of fused-ring (bicyclic) bond motifs is 1. The summed E-state index contributed by atoms with van der Waals surface area (Å²) < 4.78 is 8.27. The molecule has 0 spiro atoms. The molecule has 0 saturated heterocycles. The van der Waals surface area contributed by atoms with Crippen molar-refractivity contribution in [3.63, 3.8) is 0 Å². The maximum absolute atomic E-state index is 12.4. The number of pyridine rings is 1. The third kappa shape index (κ3) is 4.20. The van der Waals surface area contributed by atoms with E-state index in [2.05, 4.69) is 31.4 Å². The van der Waals surface area contributed by atoms with Crippen LogP contribution in [0, 0.1) is 0 Å². The molecule has 1 amide bonds. The van der Waals surface area contributed by atoms with Crippen LogP contribution in [0.5, 0.6) is 5.88 Å². The first-order valence-corrected chi connectivity index (χ1v) is 9.64. The number of rotatable bonds is 5. The Labute approximate surface area is 176 Å². The van der Waals surface area contributed by atoms with Gasteiger partial charge in [0, 0.05) is 33.5 Å². The number of aromatic nitrogens is 2. The minimum Gasteiger partial charge on any atom is -0.481 e. The molecule has 1 N–H and O–H groups in total. The van der Waals surface area contributed by atoms with Crippen LogP contribution in [0.25, 0.3) is 16.6 Å². The van der Waals surface area contributed by atoms with Crippen LogP contribution in [0.2, 0.25) is 0 Å². The van der Waals surface area contributed by atoms with Crippen LogP contribution < -0.4 is 10.2 Å². The topological polar surface area (TPSA) is 68.5 Å². The smallest absolute Gasteiger partial charge is 0.271 e. The fourth-order valence-corrected chi connectivity index (χ4v) is 3.30. The van der Waals surface area contributed by atoms with Gasteiger partial charge in [-0.1, -0.05) is 15.9 Å². The first-order valence-electron chi connectivity index (χ1n) is 8.85. The lowest BCUT2D eigenvalue weighted by molar-refractivity contribution is 0.0955. The van der Waals surface area contributed by atoms with E-state index in [0.717, 1.165) is 21.1 Å². The number of nitrogens with one attached hydrogen (secondary N) is 1. The van der Waals surface area contributed by atoms with Crippen LogP contribution in [0.15, 0.2) is 82.6 Å². The van der Waals surface area contributed by atoms with Crippen LogP contribution in [0.3, 0.4) is 0 Å². The number of halogens is 1. The van der Waals surface area contributed by atoms with Gasteiger partial charge in [0.1, 0.15) is 0 Å². The third-order valence-electron chi connectivity index (χ3n) is 4.36. The van der Waals surface area contributed by atoms with Gasteiger partial charge in [0.2, 0.25) is 5.88 Å². The highest BCUT2D eigenvalue weighted by Crippen LogP contribution is 2.23. The van der Waals surface area contributed by atoms with Crippen LogP contribution in [-0.2, 0) is 0 Å². The van der Waals surface area contributed by atoms with E-state index in [9.17, 15) is 4.79 Å². The number of ether oxygens (including phenoxy) is 1. The summed E-state index contributed by atoms with van der Waals surface area (Å²) in [4.78, 5) is 16.8. The summed E-state index contributed by atoms with van der Waals surface area (Å²) in [5, 5.41) is 5.01. The molecule has 4 rings (SSSR count). The molecule has 0 fully saturated rings. The molecular formula is C22H17BrN4O2. The predicted octanol–water partition coefficient (Wildman–Crippen LogP) is 4.56. The minimum absolute atomic E-state index is 0.296. The summed E-state index contributed by atoms with van der Waals surface area (Å²) in [7, 11) is 1.55. The molecule has 0 aliphatic carbocycles. The average molecular weight is 449 g/mol. The maximum atomic E-state index is 12.4. The fraction of sp³-hybridized carbons (Fsp3) is 0.0455. The minimum atomic E-state index is -0.296. The molecule has 0 bridgehead atoms. The van der Waals surface area contributed by atoms with E-state index in [1.807, 2.05) is 65.5 Å². The first kappa shape index (κ1) is 18.9. The highest BCUT2D eigenvalue weighted by Gasteiger charge is 2.08. The highest BCUT2D eigenvalue weighted by molar-refractivity contribution is 9.10. The van der Waals surface area contributed by atoms with E-state index in [-0.39, 0.29) is 5.91 Å². The number of hydrogen-bond donors (Lipinski definition) is 1. The highest BCUT2D eigenvalue weighted by atomic mass is 79.9. The summed E-state index contributed by atoms with van der Waals surface area (Å²) in [6.07, 6.45) is 5.42. The van der Waals surface area contributed by atoms with Gasteiger partial charge in [-0.25, -0.2) is 10.4 Å². The van der Waals surface area contributed by atoms with Gasteiger partial charge < -0.3 is 9.30 Å². The summed E-state index contributed by atoms with van der Waals surface area (Å²) >= 11 is 3.46. The molecule has 144 valence electrons. The van der Waals surface area contributed by atoms with Gasteiger partial charge in [0.05, 0.1) is 24.4 Å². The quantitative estimate of drug-likeness (QED) is 0.359. The molecule has 0 aliphatic heterocycles. The molecule has 0 unspecified atom stereocenters. The van der Waals surface area contributed by atoms with Crippen molar-refractivity contribution in [2.24, 2.45) is 5.10 Å². The van der Waals surface area contributed by atoms with E-state index in [4.69, 9.17) is 4.74 Å². The SMILES string of the molecule is COc1nc2ccc(Br)cc2cc1C=NNC(=O)c1ccc(-n2cccc2)cc1. The van der Waals surface area contributed by atoms with Crippen LogP contribution in [0.1, 0.15) is 15.9 Å². The van der Waals surface area contributed by atoms with Crippen molar-refractivity contribution in [2.75, 3.05) is 7.11 Å². The number of amides is 1. The molecule has 0 aliphatic rings. The molecular weight excluding hydrogens is 432 g/mol. The monoisotopic (exact) mass is 448 g/mol. The molecule has 0 atom stereocenters. The molecule has 29 heavy (non-hydrogen) atoms. The molecule has 4 aromatic rings. The number of methoxy groups -OCH3 is 1. The lowest BCUT2D eigenvalue weighted by Crippen LogP contribution is -2.17. The summed E-state index contributed by atoms with van der Waals surface area (Å²) in [5.41, 5.74) is 5.52. The Kier molecular flexibility index (Phi) is 5.39. The van der Waals surface area contributed by atoms with Gasteiger partial charge in [-0.05, 0) is 60.7 Å². The number of carbonyl (C=O) groups is 1. The number of nitrogens with zero attached hydrogens (tertiary/aromatic N) is 3. The Morgan fingerprint density at radius 3 is 2.62 bits per heavy atom. The van der Waals surface area contributed by atoms with Crippen molar-refractivity contribution in [1.82, 2.24) is 15.0 Å². The number of carbonyl (C=O) groups excluding carboxylic acids is 1. The second-order valence-corrected chi connectivity index (χ2v) is 7.18. The van der Waals surface area contributed by atoms with Crippen molar-refractivity contribution in [2.45, 2.75) is 0 Å². The van der Waals surface area contributed by atoms with Gasteiger partial charge >= 0.3 is 0 Å². The van der Waals surface area contributed by atoms with E-state index in [1.54, 1.807) is 19.2 Å². The Hall–Kier alpha value is -3.45. The molecule has 6 nitrogen and oxygen atoms in total. The van der Waals surface area contributed by atoms with Crippen molar-refractivity contribution < 1.29 is 9.53 Å². The third-order valence-corrected chi connectivity index (χ3v) is 4.86. The van der Waals surface area contributed by atoms with E-state index in [1.165, 1.54) is 6.21 Å². The lowest BCUT2D eigenvalue weighted by atomic mass is 10.1. The van der Waals surface area contributed by atoms with Crippen LogP contribution >= 0.6 is 15.9 Å². The molecule has 2 heterocycles. The Morgan fingerprint density at radius 1 is 1.14 bits per heavy atom. The summed E-state index contributed by atoms with van der Waals surface area (Å²) in [6, 6.07) is 18.9. The maximum Gasteiger partial charge on any atom is 0.271 e. The predicted molar refractivity (Wildman–Crippen MR) is 117 cm³/mol. The Morgan fingerprint density at radius 2 is 1.90 bits per heavy atom. The number of benzene rings is 2. The molecule has 2 aromatic carbocycles. The Bertz CT molecular complexity index is 1190. The largest absolute Gasteiger partial charge is 0.481 e. The normalized spacial score (nSPS) is 11.1. The van der Waals surface area contributed by atoms with E-state index in [0.29, 0.717) is 17.0 Å². The zero-order chi connectivity index (χ0) is 20.2. The van der Waals surface area contributed by atoms with Crippen LogP contribution in [0.4, 0.5) is 0 Å². The zero-order valence-electron chi connectivity index (χ0n) is 15.5. The molecule has 7 heteroatoms. The standard InChI is InChI=1S/C22H17BrN4O2/c1-29-22-17(12-16-13-18(23)6-9-20(16)25-22)14-24-26-21(28)15-4-7-19(8-5-15)27-10-2-3-11-27/h2-14H,1H3,(H,26,28). The molecule has 0 saturated carbocycles. The van der Waals surface area contributed by atoms with E-state index < -0.39 is 0 Å². The van der Waals surface area contributed by atoms with Crippen molar-refractivity contribution in [3.8, 4) is 11.6 Å². The number of hydrazone groups is 1.